The maximum atomic E-state index is 13.5. The van der Waals surface area contributed by atoms with E-state index < -0.39 is 15.8 Å². The average molecular weight is 304 g/mol. The van der Waals surface area contributed by atoms with E-state index in [1.165, 1.54) is 13.0 Å². The summed E-state index contributed by atoms with van der Waals surface area (Å²) in [7, 11) is -3.76. The molecule has 114 valence electrons. The van der Waals surface area contributed by atoms with Gasteiger partial charge < -0.3 is 10.8 Å². The molecule has 0 spiro atoms. The molecule has 0 amide bonds. The fraction of sp³-hybridized carbons (Fsp3) is 0.538. The van der Waals surface area contributed by atoms with E-state index >= 15 is 0 Å². The Bertz CT molecular complexity index is 538. The van der Waals surface area contributed by atoms with Crippen molar-refractivity contribution in [3.8, 4) is 0 Å². The van der Waals surface area contributed by atoms with E-state index in [9.17, 15) is 12.8 Å². The maximum absolute atomic E-state index is 13.5. The van der Waals surface area contributed by atoms with E-state index in [-0.39, 0.29) is 35.2 Å². The fourth-order valence-corrected chi connectivity index (χ4v) is 2.78. The number of nitrogen functional groups attached to an aromatic ring is 1. The zero-order valence-electron chi connectivity index (χ0n) is 11.7. The highest BCUT2D eigenvalue weighted by Crippen LogP contribution is 2.20. The molecule has 0 heterocycles. The topological polar surface area (TPSA) is 92.4 Å². The molecule has 4 N–H and O–H groups in total. The van der Waals surface area contributed by atoms with Gasteiger partial charge in [-0.25, -0.2) is 17.5 Å². The molecule has 1 unspecified atom stereocenters. The molecule has 1 aromatic carbocycles. The minimum atomic E-state index is -3.76. The monoisotopic (exact) mass is 304 g/mol. The van der Waals surface area contributed by atoms with Crippen LogP contribution in [-0.4, -0.2) is 26.7 Å². The molecule has 1 atom stereocenters. The number of anilines is 1. The van der Waals surface area contributed by atoms with Crippen LogP contribution in [0.5, 0.6) is 0 Å². The van der Waals surface area contributed by atoms with Crippen LogP contribution in [-0.2, 0) is 10.0 Å². The minimum absolute atomic E-state index is 0.0759. The predicted octanol–water partition coefficient (Wildman–Crippen LogP) is 1.40. The lowest BCUT2D eigenvalue weighted by molar-refractivity contribution is 0.228. The number of nitrogens with two attached hydrogens (primary N) is 1. The highest BCUT2D eigenvalue weighted by atomic mass is 32.2. The van der Waals surface area contributed by atoms with Gasteiger partial charge in [0.1, 0.15) is 5.82 Å². The van der Waals surface area contributed by atoms with Gasteiger partial charge in [0.25, 0.3) is 0 Å². The summed E-state index contributed by atoms with van der Waals surface area (Å²) in [6.45, 7) is 3.68. The molecule has 0 aliphatic heterocycles. The van der Waals surface area contributed by atoms with Gasteiger partial charge in [0.05, 0.1) is 4.90 Å². The van der Waals surface area contributed by atoms with Crippen LogP contribution in [0.1, 0.15) is 25.3 Å². The molecule has 0 bridgehead atoms. The normalized spacial score (nSPS) is 13.4. The third kappa shape index (κ3) is 4.43. The van der Waals surface area contributed by atoms with Gasteiger partial charge in [-0.3, -0.25) is 0 Å². The second kappa shape index (κ2) is 7.01. The quantitative estimate of drug-likeness (QED) is 0.524. The fourth-order valence-electron chi connectivity index (χ4n) is 1.66. The van der Waals surface area contributed by atoms with Crippen molar-refractivity contribution in [2.45, 2.75) is 31.6 Å². The molecule has 20 heavy (non-hydrogen) atoms. The zero-order chi connectivity index (χ0) is 15.3. The van der Waals surface area contributed by atoms with Gasteiger partial charge in [0.15, 0.2) is 0 Å². The third-order valence-corrected chi connectivity index (χ3v) is 4.59. The summed E-state index contributed by atoms with van der Waals surface area (Å²) >= 11 is 0. The van der Waals surface area contributed by atoms with E-state index in [1.807, 2.05) is 6.92 Å². The van der Waals surface area contributed by atoms with Gasteiger partial charge in [-0.15, -0.1) is 0 Å². The number of aliphatic hydroxyl groups is 1. The highest BCUT2D eigenvalue weighted by Gasteiger charge is 2.17. The van der Waals surface area contributed by atoms with Crippen LogP contribution >= 0.6 is 0 Å². The first kappa shape index (κ1) is 16.9. The lowest BCUT2D eigenvalue weighted by Crippen LogP contribution is -2.25. The summed E-state index contributed by atoms with van der Waals surface area (Å²) in [6, 6.07) is 2.21. The molecular formula is C13H21FN2O3S. The summed E-state index contributed by atoms with van der Waals surface area (Å²) in [6.07, 6.45) is 1.31. The Kier molecular flexibility index (Phi) is 5.91. The highest BCUT2D eigenvalue weighted by molar-refractivity contribution is 7.89. The van der Waals surface area contributed by atoms with Crippen molar-refractivity contribution in [2.24, 2.45) is 5.92 Å². The molecule has 0 saturated carbocycles. The van der Waals surface area contributed by atoms with Crippen molar-refractivity contribution in [2.75, 3.05) is 18.9 Å². The molecule has 0 saturated heterocycles. The summed E-state index contributed by atoms with van der Waals surface area (Å²) in [5, 5.41) is 8.86. The molecule has 1 aromatic rings. The average Bonchev–Trinajstić information content (AvgIpc) is 2.40. The van der Waals surface area contributed by atoms with Crippen LogP contribution in [0.15, 0.2) is 17.0 Å². The molecule has 0 fully saturated rings. The van der Waals surface area contributed by atoms with Crippen LogP contribution in [0.4, 0.5) is 10.1 Å². The van der Waals surface area contributed by atoms with Gasteiger partial charge in [0, 0.05) is 24.4 Å². The number of hydrogen-bond acceptors (Lipinski definition) is 4. The van der Waals surface area contributed by atoms with E-state index in [4.69, 9.17) is 10.8 Å². The number of nitrogens with one attached hydrogen (secondary N) is 1. The van der Waals surface area contributed by atoms with Crippen molar-refractivity contribution >= 4 is 15.7 Å². The number of hydrogen-bond donors (Lipinski definition) is 3. The second-order valence-corrected chi connectivity index (χ2v) is 6.71. The van der Waals surface area contributed by atoms with Crippen molar-refractivity contribution in [1.29, 1.82) is 0 Å². The summed E-state index contributed by atoms with van der Waals surface area (Å²) in [5.74, 6) is -0.508. The van der Waals surface area contributed by atoms with Crippen molar-refractivity contribution in [3.05, 3.63) is 23.5 Å². The zero-order valence-corrected chi connectivity index (χ0v) is 12.5. The predicted molar refractivity (Wildman–Crippen MR) is 76.2 cm³/mol. The maximum Gasteiger partial charge on any atom is 0.240 e. The Morgan fingerprint density at radius 2 is 2.10 bits per heavy atom. The lowest BCUT2D eigenvalue weighted by atomic mass is 10.1. The van der Waals surface area contributed by atoms with Gasteiger partial charge >= 0.3 is 0 Å². The molecule has 5 nitrogen and oxygen atoms in total. The Balaban J connectivity index is 2.70. The summed E-state index contributed by atoms with van der Waals surface area (Å²) in [4.78, 5) is -0.173. The second-order valence-electron chi connectivity index (χ2n) is 4.95. The number of rotatable bonds is 7. The van der Waals surface area contributed by atoms with Crippen molar-refractivity contribution in [3.63, 3.8) is 0 Å². The molecular weight excluding hydrogens is 283 g/mol. The Labute approximate surface area is 119 Å². The van der Waals surface area contributed by atoms with E-state index in [0.29, 0.717) is 12.8 Å². The van der Waals surface area contributed by atoms with Crippen molar-refractivity contribution in [1.82, 2.24) is 4.72 Å². The van der Waals surface area contributed by atoms with E-state index in [0.717, 1.165) is 6.07 Å². The molecule has 0 aliphatic rings. The molecule has 0 radical (unpaired) electrons. The molecule has 0 aromatic heterocycles. The number of sulfonamides is 1. The van der Waals surface area contributed by atoms with Crippen LogP contribution in [0.2, 0.25) is 0 Å². The standard InChI is InChI=1S/C13H21FN2O3S/c1-9(8-17)4-3-5-16-20(18,19)11-6-12(14)10(2)13(15)7-11/h6-7,9,16-17H,3-5,8,15H2,1-2H3. The minimum Gasteiger partial charge on any atom is -0.398 e. The summed E-state index contributed by atoms with van der Waals surface area (Å²) in [5.41, 5.74) is 5.92. The van der Waals surface area contributed by atoms with Crippen LogP contribution in [0, 0.1) is 18.7 Å². The smallest absolute Gasteiger partial charge is 0.240 e. The first-order valence-corrected chi connectivity index (χ1v) is 7.92. The first-order chi connectivity index (χ1) is 9.27. The molecule has 1 rings (SSSR count). The molecule has 0 aliphatic carbocycles. The SMILES string of the molecule is Cc1c(N)cc(S(=O)(=O)NCCCC(C)CO)cc1F. The Hall–Kier alpha value is -1.18. The molecule has 7 heteroatoms. The number of halogens is 1. The first-order valence-electron chi connectivity index (χ1n) is 6.44. The number of aliphatic hydroxyl groups excluding tert-OH is 1. The van der Waals surface area contributed by atoms with Crippen LogP contribution in [0.25, 0.3) is 0 Å². The van der Waals surface area contributed by atoms with E-state index in [1.54, 1.807) is 0 Å². The summed E-state index contributed by atoms with van der Waals surface area (Å²) < 4.78 is 39.9. The largest absolute Gasteiger partial charge is 0.398 e. The van der Waals surface area contributed by atoms with E-state index in [2.05, 4.69) is 4.72 Å². The Morgan fingerprint density at radius 1 is 1.45 bits per heavy atom. The van der Waals surface area contributed by atoms with Crippen molar-refractivity contribution < 1.29 is 17.9 Å². The van der Waals surface area contributed by atoms with Gasteiger partial charge in [0.2, 0.25) is 10.0 Å². The van der Waals surface area contributed by atoms with Crippen LogP contribution in [0.3, 0.4) is 0 Å². The van der Waals surface area contributed by atoms with Gasteiger partial charge in [-0.1, -0.05) is 6.92 Å². The van der Waals surface area contributed by atoms with Crippen LogP contribution < -0.4 is 10.5 Å². The Morgan fingerprint density at radius 3 is 2.65 bits per heavy atom. The van der Waals surface area contributed by atoms with Gasteiger partial charge in [-0.2, -0.15) is 0 Å². The number of benzene rings is 1. The lowest BCUT2D eigenvalue weighted by Gasteiger charge is -2.10. The van der Waals surface area contributed by atoms with Gasteiger partial charge in [-0.05, 0) is 37.8 Å². The third-order valence-electron chi connectivity index (χ3n) is 3.15.